The first kappa shape index (κ1) is 17.0. The third-order valence-electron chi connectivity index (χ3n) is 3.45. The molecule has 0 unspecified atom stereocenters. The lowest BCUT2D eigenvalue weighted by atomic mass is 10.1. The molecule has 3 nitrogen and oxygen atoms in total. The third-order valence-corrected chi connectivity index (χ3v) is 4.45. The fraction of sp³-hybridized carbons (Fsp3) is 0.235. The molecule has 0 radical (unpaired) electrons. The Labute approximate surface area is 144 Å². The first-order valence-corrected chi connectivity index (χ1v) is 8.28. The molecule has 0 saturated carbocycles. The van der Waals surface area contributed by atoms with Crippen LogP contribution in [0.4, 0.5) is 5.69 Å². The Kier molecular flexibility index (Phi) is 6.00. The van der Waals surface area contributed by atoms with E-state index < -0.39 is 0 Å². The number of rotatable bonds is 5. The van der Waals surface area contributed by atoms with E-state index in [0.29, 0.717) is 6.54 Å². The molecule has 3 N–H and O–H groups in total. The Morgan fingerprint density at radius 1 is 1.32 bits per heavy atom. The van der Waals surface area contributed by atoms with Crippen LogP contribution >= 0.6 is 27.5 Å². The highest BCUT2D eigenvalue weighted by Crippen LogP contribution is 2.23. The van der Waals surface area contributed by atoms with E-state index >= 15 is 0 Å². The minimum Gasteiger partial charge on any atom is -0.332 e. The lowest BCUT2D eigenvalue weighted by Gasteiger charge is -2.13. The standard InChI is InChI=1S/C17H18BrClN2O/c1-11-7-8-16(14(18)9-11)21-17(22)10-20-12(2)13-5-3-4-6-15(13)19/h3-9,12,20H,10H2,1-2H3,(H,21,22)/p+1/t12-/m0/s1. The van der Waals surface area contributed by atoms with Crippen molar-refractivity contribution in [2.45, 2.75) is 19.9 Å². The Hall–Kier alpha value is -1.36. The van der Waals surface area contributed by atoms with Gasteiger partial charge in [0.25, 0.3) is 5.91 Å². The van der Waals surface area contributed by atoms with Crippen molar-refractivity contribution >= 4 is 39.1 Å². The normalized spacial score (nSPS) is 12.0. The molecule has 0 aromatic heterocycles. The number of nitrogens with one attached hydrogen (secondary N) is 1. The van der Waals surface area contributed by atoms with E-state index in [1.807, 2.05) is 61.6 Å². The van der Waals surface area contributed by atoms with Crippen molar-refractivity contribution in [3.8, 4) is 0 Å². The number of carbonyl (C=O) groups is 1. The summed E-state index contributed by atoms with van der Waals surface area (Å²) in [5.41, 5.74) is 2.96. The zero-order chi connectivity index (χ0) is 16.1. The largest absolute Gasteiger partial charge is 0.332 e. The number of quaternary nitrogens is 1. The second kappa shape index (κ2) is 7.77. The summed E-state index contributed by atoms with van der Waals surface area (Å²) in [6.07, 6.45) is 0. The van der Waals surface area contributed by atoms with E-state index in [0.717, 1.165) is 26.3 Å². The van der Waals surface area contributed by atoms with E-state index in [1.165, 1.54) is 0 Å². The van der Waals surface area contributed by atoms with Gasteiger partial charge in [0.2, 0.25) is 0 Å². The number of amides is 1. The van der Waals surface area contributed by atoms with Gasteiger partial charge in [-0.25, -0.2) is 0 Å². The zero-order valence-corrected chi connectivity index (χ0v) is 14.9. The quantitative estimate of drug-likeness (QED) is 0.814. The van der Waals surface area contributed by atoms with Crippen molar-refractivity contribution in [1.82, 2.24) is 0 Å². The number of nitrogens with two attached hydrogens (primary N) is 1. The van der Waals surface area contributed by atoms with E-state index in [2.05, 4.69) is 21.2 Å². The Balaban J connectivity index is 1.91. The van der Waals surface area contributed by atoms with E-state index in [1.54, 1.807) is 0 Å². The number of aryl methyl sites for hydroxylation is 1. The summed E-state index contributed by atoms with van der Waals surface area (Å²) in [7, 11) is 0. The fourth-order valence-electron chi connectivity index (χ4n) is 2.18. The molecular weight excluding hydrogens is 364 g/mol. The van der Waals surface area contributed by atoms with Gasteiger partial charge in [-0.2, -0.15) is 0 Å². The molecule has 0 aliphatic heterocycles. The van der Waals surface area contributed by atoms with Gasteiger partial charge in [0.05, 0.1) is 5.69 Å². The molecule has 0 aliphatic rings. The highest BCUT2D eigenvalue weighted by atomic mass is 79.9. The SMILES string of the molecule is Cc1ccc(NC(=O)C[NH2+][C@@H](C)c2ccccc2Cl)c(Br)c1. The lowest BCUT2D eigenvalue weighted by Crippen LogP contribution is -2.86. The van der Waals surface area contributed by atoms with Gasteiger partial charge in [-0.1, -0.05) is 35.9 Å². The van der Waals surface area contributed by atoms with Crippen LogP contribution in [0.15, 0.2) is 46.9 Å². The summed E-state index contributed by atoms with van der Waals surface area (Å²) in [5.74, 6) is -0.0385. The van der Waals surface area contributed by atoms with Gasteiger partial charge >= 0.3 is 0 Å². The molecule has 2 aromatic rings. The first-order chi connectivity index (χ1) is 10.5. The summed E-state index contributed by atoms with van der Waals surface area (Å²) in [5, 5.41) is 5.61. The topological polar surface area (TPSA) is 45.7 Å². The van der Waals surface area contributed by atoms with Crippen LogP contribution in [-0.4, -0.2) is 12.5 Å². The van der Waals surface area contributed by atoms with Crippen LogP contribution in [0.5, 0.6) is 0 Å². The second-order valence-corrected chi connectivity index (χ2v) is 6.54. The van der Waals surface area contributed by atoms with Gasteiger partial charge in [-0.15, -0.1) is 0 Å². The maximum absolute atomic E-state index is 12.1. The fourth-order valence-corrected chi connectivity index (χ4v) is 3.08. The monoisotopic (exact) mass is 381 g/mol. The molecule has 1 atom stereocenters. The van der Waals surface area contributed by atoms with E-state index in [9.17, 15) is 4.79 Å². The molecule has 0 heterocycles. The molecule has 22 heavy (non-hydrogen) atoms. The van der Waals surface area contributed by atoms with Crippen molar-refractivity contribution in [1.29, 1.82) is 0 Å². The molecule has 0 saturated heterocycles. The van der Waals surface area contributed by atoms with Crippen LogP contribution in [0.1, 0.15) is 24.1 Å². The van der Waals surface area contributed by atoms with Crippen LogP contribution in [0, 0.1) is 6.92 Å². The van der Waals surface area contributed by atoms with Crippen molar-refractivity contribution < 1.29 is 10.1 Å². The molecule has 0 bridgehead atoms. The van der Waals surface area contributed by atoms with Gasteiger partial charge in [0.15, 0.2) is 6.54 Å². The van der Waals surface area contributed by atoms with Gasteiger partial charge in [-0.05, 0) is 53.5 Å². The van der Waals surface area contributed by atoms with Crippen LogP contribution in [-0.2, 0) is 4.79 Å². The Morgan fingerprint density at radius 2 is 2.05 bits per heavy atom. The predicted octanol–water partition coefficient (Wildman–Crippen LogP) is 3.67. The minimum absolute atomic E-state index is 0.0385. The summed E-state index contributed by atoms with van der Waals surface area (Å²) < 4.78 is 0.889. The highest BCUT2D eigenvalue weighted by molar-refractivity contribution is 9.10. The zero-order valence-electron chi connectivity index (χ0n) is 12.6. The summed E-state index contributed by atoms with van der Waals surface area (Å²) in [6.45, 7) is 4.39. The molecule has 2 aromatic carbocycles. The Morgan fingerprint density at radius 3 is 2.73 bits per heavy atom. The number of hydrogen-bond acceptors (Lipinski definition) is 1. The summed E-state index contributed by atoms with van der Waals surface area (Å²) in [6, 6.07) is 13.7. The first-order valence-electron chi connectivity index (χ1n) is 7.11. The van der Waals surface area contributed by atoms with Gasteiger partial charge in [0, 0.05) is 15.1 Å². The lowest BCUT2D eigenvalue weighted by molar-refractivity contribution is -0.682. The number of anilines is 1. The number of benzene rings is 2. The summed E-state index contributed by atoms with van der Waals surface area (Å²) in [4.78, 5) is 12.1. The third kappa shape index (κ3) is 4.57. The van der Waals surface area contributed by atoms with Crippen LogP contribution in [0.2, 0.25) is 5.02 Å². The van der Waals surface area contributed by atoms with E-state index in [-0.39, 0.29) is 11.9 Å². The Bertz CT molecular complexity index is 675. The molecule has 2 rings (SSSR count). The van der Waals surface area contributed by atoms with E-state index in [4.69, 9.17) is 11.6 Å². The number of carbonyl (C=O) groups excluding carboxylic acids is 1. The number of hydrogen-bond donors (Lipinski definition) is 2. The maximum atomic E-state index is 12.1. The highest BCUT2D eigenvalue weighted by Gasteiger charge is 2.14. The van der Waals surface area contributed by atoms with Crippen molar-refractivity contribution in [3.63, 3.8) is 0 Å². The average Bonchev–Trinajstić information content (AvgIpc) is 2.48. The van der Waals surface area contributed by atoms with Crippen molar-refractivity contribution in [2.75, 3.05) is 11.9 Å². The molecule has 5 heteroatoms. The molecule has 0 spiro atoms. The average molecular weight is 383 g/mol. The minimum atomic E-state index is -0.0385. The molecule has 116 valence electrons. The smallest absolute Gasteiger partial charge is 0.279 e. The molecule has 0 aliphatic carbocycles. The van der Waals surface area contributed by atoms with Crippen molar-refractivity contribution in [2.24, 2.45) is 0 Å². The van der Waals surface area contributed by atoms with Gasteiger partial charge < -0.3 is 10.6 Å². The predicted molar refractivity (Wildman–Crippen MR) is 94.2 cm³/mol. The second-order valence-electron chi connectivity index (χ2n) is 5.28. The van der Waals surface area contributed by atoms with Gasteiger partial charge in [0.1, 0.15) is 6.04 Å². The molecular formula is C17H19BrClN2O+. The van der Waals surface area contributed by atoms with Crippen molar-refractivity contribution in [3.05, 3.63) is 63.1 Å². The van der Waals surface area contributed by atoms with Gasteiger partial charge in [-0.3, -0.25) is 4.79 Å². The van der Waals surface area contributed by atoms with Crippen LogP contribution in [0.25, 0.3) is 0 Å². The number of halogens is 2. The maximum Gasteiger partial charge on any atom is 0.279 e. The summed E-state index contributed by atoms with van der Waals surface area (Å²) >= 11 is 9.63. The van der Waals surface area contributed by atoms with Crippen LogP contribution in [0.3, 0.4) is 0 Å². The molecule has 0 fully saturated rings. The van der Waals surface area contributed by atoms with Crippen LogP contribution < -0.4 is 10.6 Å². The molecule has 1 amide bonds.